The van der Waals surface area contributed by atoms with E-state index in [1.54, 1.807) is 48.0 Å². The van der Waals surface area contributed by atoms with E-state index in [0.29, 0.717) is 18.2 Å². The molecular weight excluding hydrogens is 282 g/mol. The van der Waals surface area contributed by atoms with E-state index >= 15 is 0 Å². The van der Waals surface area contributed by atoms with Crippen LogP contribution in [0.3, 0.4) is 0 Å². The fourth-order valence-corrected chi connectivity index (χ4v) is 2.40. The number of amides is 1. The Morgan fingerprint density at radius 3 is 3.18 bits per heavy atom. The predicted octanol–water partition coefficient (Wildman–Crippen LogP) is 2.15. The summed E-state index contributed by atoms with van der Waals surface area (Å²) < 4.78 is 10.9. The molecule has 1 aliphatic rings. The zero-order chi connectivity index (χ0) is 15.2. The molecule has 6 heteroatoms. The van der Waals surface area contributed by atoms with Crippen molar-refractivity contribution in [2.45, 2.75) is 18.9 Å². The minimum atomic E-state index is -0.0496. The van der Waals surface area contributed by atoms with Crippen molar-refractivity contribution in [3.8, 4) is 5.88 Å². The van der Waals surface area contributed by atoms with Crippen LogP contribution in [0.4, 0.5) is 0 Å². The Balaban J connectivity index is 1.57. The minimum absolute atomic E-state index is 0.0381. The van der Waals surface area contributed by atoms with Crippen LogP contribution < -0.4 is 4.74 Å². The lowest BCUT2D eigenvalue weighted by atomic mass is 10.1. The molecule has 0 N–H and O–H groups in total. The van der Waals surface area contributed by atoms with Gasteiger partial charge in [-0.1, -0.05) is 0 Å². The highest BCUT2D eigenvalue weighted by Crippen LogP contribution is 2.16. The molecule has 22 heavy (non-hydrogen) atoms. The smallest absolute Gasteiger partial charge is 0.246 e. The lowest BCUT2D eigenvalue weighted by Gasteiger charge is -2.31. The lowest BCUT2D eigenvalue weighted by molar-refractivity contribution is -0.128. The Morgan fingerprint density at radius 1 is 1.45 bits per heavy atom. The molecule has 1 fully saturated rings. The van der Waals surface area contributed by atoms with Crippen molar-refractivity contribution in [1.29, 1.82) is 0 Å². The minimum Gasteiger partial charge on any atom is -0.471 e. The van der Waals surface area contributed by atoms with Crippen LogP contribution in [0, 0.1) is 0 Å². The summed E-state index contributed by atoms with van der Waals surface area (Å²) in [4.78, 5) is 22.1. The molecule has 0 bridgehead atoms. The number of nitrogens with zero attached hydrogens (tertiary/aromatic N) is 3. The second-order valence-electron chi connectivity index (χ2n) is 5.06. The second kappa shape index (κ2) is 6.89. The fraction of sp³-hybridized carbons (Fsp3) is 0.312. The van der Waals surface area contributed by atoms with Gasteiger partial charge in [-0.25, -0.2) is 4.98 Å². The summed E-state index contributed by atoms with van der Waals surface area (Å²) in [7, 11) is 0. The quantitative estimate of drug-likeness (QED) is 0.809. The Kier molecular flexibility index (Phi) is 4.48. The first-order chi connectivity index (χ1) is 10.8. The summed E-state index contributed by atoms with van der Waals surface area (Å²) in [5, 5.41) is 0. The number of hydrogen-bond acceptors (Lipinski definition) is 5. The van der Waals surface area contributed by atoms with Gasteiger partial charge in [-0.15, -0.1) is 0 Å². The van der Waals surface area contributed by atoms with Gasteiger partial charge in [0.1, 0.15) is 11.9 Å². The second-order valence-corrected chi connectivity index (χ2v) is 5.06. The normalized spacial score (nSPS) is 18.5. The van der Waals surface area contributed by atoms with Crippen LogP contribution in [0.25, 0.3) is 6.08 Å². The zero-order valence-corrected chi connectivity index (χ0v) is 12.1. The molecule has 1 aliphatic heterocycles. The first-order valence-electron chi connectivity index (χ1n) is 7.24. The van der Waals surface area contributed by atoms with Crippen LogP contribution in [0.2, 0.25) is 0 Å². The Bertz CT molecular complexity index is 625. The van der Waals surface area contributed by atoms with Gasteiger partial charge in [0, 0.05) is 25.0 Å². The van der Waals surface area contributed by atoms with Crippen molar-refractivity contribution < 1.29 is 13.9 Å². The summed E-state index contributed by atoms with van der Waals surface area (Å²) in [5.74, 6) is 1.12. The molecule has 0 spiro atoms. The number of hydrogen-bond donors (Lipinski definition) is 0. The van der Waals surface area contributed by atoms with Crippen LogP contribution in [0.1, 0.15) is 18.6 Å². The van der Waals surface area contributed by atoms with E-state index in [1.807, 2.05) is 0 Å². The molecule has 3 heterocycles. The predicted molar refractivity (Wildman–Crippen MR) is 80.0 cm³/mol. The van der Waals surface area contributed by atoms with E-state index in [9.17, 15) is 4.79 Å². The maximum Gasteiger partial charge on any atom is 0.246 e. The van der Waals surface area contributed by atoms with E-state index < -0.39 is 0 Å². The van der Waals surface area contributed by atoms with Crippen molar-refractivity contribution in [2.75, 3.05) is 13.1 Å². The largest absolute Gasteiger partial charge is 0.471 e. The Hall–Kier alpha value is -2.63. The van der Waals surface area contributed by atoms with Crippen molar-refractivity contribution in [2.24, 2.45) is 0 Å². The Morgan fingerprint density at radius 2 is 2.41 bits per heavy atom. The maximum atomic E-state index is 12.2. The highest BCUT2D eigenvalue weighted by molar-refractivity contribution is 5.91. The van der Waals surface area contributed by atoms with Gasteiger partial charge in [-0.05, 0) is 31.1 Å². The highest BCUT2D eigenvalue weighted by atomic mass is 16.5. The third-order valence-corrected chi connectivity index (χ3v) is 3.45. The van der Waals surface area contributed by atoms with Gasteiger partial charge in [0.25, 0.3) is 0 Å². The SMILES string of the molecule is O=C(/C=C/c1ccco1)N1CCC[C@H](Oc2cnccn2)C1. The average molecular weight is 299 g/mol. The number of rotatable bonds is 4. The van der Waals surface area contributed by atoms with Crippen LogP contribution in [0.15, 0.2) is 47.5 Å². The van der Waals surface area contributed by atoms with Gasteiger partial charge >= 0.3 is 0 Å². The Labute approximate surface area is 128 Å². The third-order valence-electron chi connectivity index (χ3n) is 3.45. The molecule has 2 aromatic rings. The van der Waals surface area contributed by atoms with E-state index in [1.165, 1.54) is 6.08 Å². The van der Waals surface area contributed by atoms with Crippen molar-refractivity contribution in [1.82, 2.24) is 14.9 Å². The molecule has 1 saturated heterocycles. The first-order valence-corrected chi connectivity index (χ1v) is 7.24. The van der Waals surface area contributed by atoms with Crippen molar-refractivity contribution in [3.63, 3.8) is 0 Å². The number of likely N-dealkylation sites (tertiary alicyclic amines) is 1. The van der Waals surface area contributed by atoms with E-state index in [-0.39, 0.29) is 12.0 Å². The number of carbonyl (C=O) groups excluding carboxylic acids is 1. The third kappa shape index (κ3) is 3.72. The molecule has 0 radical (unpaired) electrons. The summed E-state index contributed by atoms with van der Waals surface area (Å²) in [6, 6.07) is 3.59. The van der Waals surface area contributed by atoms with Crippen LogP contribution in [0.5, 0.6) is 5.88 Å². The molecule has 0 saturated carbocycles. The van der Waals surface area contributed by atoms with E-state index in [2.05, 4.69) is 9.97 Å². The van der Waals surface area contributed by atoms with Gasteiger partial charge in [-0.3, -0.25) is 9.78 Å². The topological polar surface area (TPSA) is 68.5 Å². The molecule has 1 atom stereocenters. The standard InChI is InChI=1S/C16H17N3O3/c20-16(6-5-13-4-2-10-21-13)19-9-1-3-14(12-19)22-15-11-17-7-8-18-15/h2,4-8,10-11,14H,1,3,9,12H2/b6-5+/t14-/m0/s1. The van der Waals surface area contributed by atoms with Gasteiger partial charge in [0.15, 0.2) is 0 Å². The molecule has 0 unspecified atom stereocenters. The average Bonchev–Trinajstić information content (AvgIpc) is 3.07. The summed E-state index contributed by atoms with van der Waals surface area (Å²) >= 11 is 0. The van der Waals surface area contributed by atoms with Crippen LogP contribution >= 0.6 is 0 Å². The first kappa shape index (κ1) is 14.3. The van der Waals surface area contributed by atoms with E-state index in [4.69, 9.17) is 9.15 Å². The molecule has 0 aromatic carbocycles. The lowest BCUT2D eigenvalue weighted by Crippen LogP contribution is -2.43. The monoisotopic (exact) mass is 299 g/mol. The number of furan rings is 1. The molecule has 0 aliphatic carbocycles. The number of piperidine rings is 1. The van der Waals surface area contributed by atoms with Gasteiger partial charge in [0.05, 0.1) is 19.0 Å². The summed E-state index contributed by atoms with van der Waals surface area (Å²) in [6.07, 6.45) is 11.3. The molecule has 2 aromatic heterocycles. The molecule has 114 valence electrons. The zero-order valence-electron chi connectivity index (χ0n) is 12.1. The van der Waals surface area contributed by atoms with Gasteiger partial charge in [0.2, 0.25) is 11.8 Å². The van der Waals surface area contributed by atoms with Crippen LogP contribution in [-0.2, 0) is 4.79 Å². The molecule has 3 rings (SSSR count). The number of carbonyl (C=O) groups is 1. The van der Waals surface area contributed by atoms with Gasteiger partial charge < -0.3 is 14.1 Å². The van der Waals surface area contributed by atoms with Crippen LogP contribution in [-0.4, -0.2) is 40.0 Å². The van der Waals surface area contributed by atoms with Crippen molar-refractivity contribution in [3.05, 3.63) is 48.8 Å². The number of ether oxygens (including phenoxy) is 1. The van der Waals surface area contributed by atoms with E-state index in [0.717, 1.165) is 19.4 Å². The maximum absolute atomic E-state index is 12.2. The summed E-state index contributed by atoms with van der Waals surface area (Å²) in [5.41, 5.74) is 0. The summed E-state index contributed by atoms with van der Waals surface area (Å²) in [6.45, 7) is 1.29. The molecular formula is C16H17N3O3. The van der Waals surface area contributed by atoms with Crippen molar-refractivity contribution >= 4 is 12.0 Å². The highest BCUT2D eigenvalue weighted by Gasteiger charge is 2.24. The van der Waals surface area contributed by atoms with Gasteiger partial charge in [-0.2, -0.15) is 0 Å². The fourth-order valence-electron chi connectivity index (χ4n) is 2.40. The molecule has 1 amide bonds. The molecule has 6 nitrogen and oxygen atoms in total. The number of aromatic nitrogens is 2.